The van der Waals surface area contributed by atoms with Gasteiger partial charge < -0.3 is 18.9 Å². The van der Waals surface area contributed by atoms with Crippen LogP contribution in [-0.2, 0) is 38.1 Å². The third-order valence-electron chi connectivity index (χ3n) is 12.1. The molecule has 0 fully saturated rings. The lowest BCUT2D eigenvalue weighted by Crippen LogP contribution is -2.43. The van der Waals surface area contributed by atoms with E-state index in [-0.39, 0.29) is 58.8 Å². The Morgan fingerprint density at radius 1 is 0.493 bits per heavy atom. The van der Waals surface area contributed by atoms with Crippen molar-refractivity contribution < 1.29 is 38.1 Å². The first-order valence-electron chi connectivity index (χ1n) is 23.5. The van der Waals surface area contributed by atoms with Gasteiger partial charge in [0.25, 0.3) is 0 Å². The van der Waals surface area contributed by atoms with Gasteiger partial charge in [-0.1, -0.05) is 160 Å². The van der Waals surface area contributed by atoms with Crippen molar-refractivity contribution in [3.8, 4) is 0 Å². The zero-order valence-corrected chi connectivity index (χ0v) is 53.0. The third kappa shape index (κ3) is 26.3. The Labute approximate surface area is 453 Å². The average Bonchev–Trinajstić information content (AvgIpc) is 3.15. The normalized spacial score (nSPS) is 15.3. The highest BCUT2D eigenvalue weighted by molar-refractivity contribution is 9.09. The molecule has 0 heterocycles. The number of methoxy groups -OCH3 is 2. The van der Waals surface area contributed by atoms with Gasteiger partial charge in [0.2, 0.25) is 0 Å². The van der Waals surface area contributed by atoms with Crippen LogP contribution in [0.3, 0.4) is 0 Å². The number of hydrogen-bond acceptors (Lipinski definition) is 14. The van der Waals surface area contributed by atoms with E-state index in [1.807, 2.05) is 55.4 Å². The van der Waals surface area contributed by atoms with Crippen molar-refractivity contribution in [2.45, 2.75) is 179 Å². The molecule has 0 rings (SSSR count). The highest BCUT2D eigenvalue weighted by Crippen LogP contribution is 2.50. The van der Waals surface area contributed by atoms with Gasteiger partial charge in [0, 0.05) is 31.7 Å². The summed E-state index contributed by atoms with van der Waals surface area (Å²) in [5, 5.41) is 1.000. The van der Waals surface area contributed by atoms with Gasteiger partial charge in [-0.15, -0.1) is 47.0 Å². The van der Waals surface area contributed by atoms with Crippen molar-refractivity contribution >= 4 is 134 Å². The van der Waals surface area contributed by atoms with Crippen molar-refractivity contribution in [1.82, 2.24) is 0 Å². The van der Waals surface area contributed by atoms with Gasteiger partial charge in [0.15, 0.2) is 0 Å². The van der Waals surface area contributed by atoms with E-state index < -0.39 is 44.0 Å². The summed E-state index contributed by atoms with van der Waals surface area (Å²) < 4.78 is 22.6. The fourth-order valence-corrected chi connectivity index (χ4v) is 16.4. The number of carbonyl (C=O) groups excluding carboxylic acids is 4. The molecule has 0 aliphatic rings. The predicted molar refractivity (Wildman–Crippen MR) is 307 cm³/mol. The minimum atomic E-state index is -0.729. The lowest BCUT2D eigenvalue weighted by atomic mass is 9.66. The number of hydrogen-bond donors (Lipinski definition) is 0. The summed E-state index contributed by atoms with van der Waals surface area (Å²) in [5.41, 5.74) is -0.966. The lowest BCUT2D eigenvalue weighted by Gasteiger charge is -2.41. The maximum Gasteiger partial charge on any atom is 0.310 e. The van der Waals surface area contributed by atoms with E-state index in [1.165, 1.54) is 37.7 Å². The minimum absolute atomic E-state index is 0.0660. The van der Waals surface area contributed by atoms with Crippen molar-refractivity contribution in [2.24, 2.45) is 56.2 Å². The second kappa shape index (κ2) is 28.8. The Morgan fingerprint density at radius 3 is 1.04 bits per heavy atom. The van der Waals surface area contributed by atoms with E-state index >= 15 is 0 Å². The number of thioether (sulfide) groups is 4. The summed E-state index contributed by atoms with van der Waals surface area (Å²) in [4.78, 5) is 55.5. The molecule has 0 aliphatic heterocycles. The zero-order chi connectivity index (χ0) is 52.6. The van der Waals surface area contributed by atoms with Gasteiger partial charge >= 0.3 is 23.9 Å². The maximum absolute atomic E-state index is 14.0. The molecular weight excluding hydrogens is 1090 g/mol. The smallest absolute Gasteiger partial charge is 0.310 e. The molecule has 0 aromatic carbocycles. The molecule has 67 heavy (non-hydrogen) atoms. The summed E-state index contributed by atoms with van der Waals surface area (Å²) in [6.45, 7) is 39.1. The molecule has 0 N–H and O–H groups in total. The van der Waals surface area contributed by atoms with Crippen molar-refractivity contribution in [3.05, 3.63) is 0 Å². The van der Waals surface area contributed by atoms with Gasteiger partial charge in [-0.3, -0.25) is 19.2 Å². The van der Waals surface area contributed by atoms with Crippen LogP contribution in [0, 0.1) is 56.2 Å². The molecule has 0 bridgehead atoms. The molecule has 0 saturated carbocycles. The monoisotopic (exact) mass is 1180 g/mol. The Hall–Kier alpha value is 0.420. The summed E-state index contributed by atoms with van der Waals surface area (Å²) in [7, 11) is 2.77. The van der Waals surface area contributed by atoms with Gasteiger partial charge in [-0.05, 0) is 98.7 Å². The maximum atomic E-state index is 14.0. The summed E-state index contributed by atoms with van der Waals surface area (Å²) in [6.07, 6.45) is 4.03. The topological polar surface area (TPSA) is 105 Å². The Kier molecular flexibility index (Phi) is 28.9. The first kappa shape index (κ1) is 67.4. The van der Waals surface area contributed by atoms with Gasteiger partial charge in [-0.25, -0.2) is 0 Å². The molecule has 0 aromatic rings. The predicted octanol–water partition coefficient (Wildman–Crippen LogP) is 15.7. The van der Waals surface area contributed by atoms with E-state index in [1.54, 1.807) is 23.5 Å². The number of esters is 4. The first-order valence-corrected chi connectivity index (χ1v) is 30.2. The van der Waals surface area contributed by atoms with Crippen molar-refractivity contribution in [3.63, 3.8) is 0 Å². The standard InChI is InChI=1S/C51H90Br2O8S6/c1-44(2,3)30-46(7,8)32-64-42(62)66-50(15,16)36(40(56)60-26-24-52)28-48(11,12)34(38(54)58-19)22-21-23-35(39(55)59-20)49(13,14)29-37(41(57)61-27-25-53)51(17,18)67-43(63)65-33-47(9,10)31-45(4,5)6/h34-37H,21-33H2,1-20H3. The fourth-order valence-electron chi connectivity index (χ4n) is 9.62. The van der Waals surface area contributed by atoms with Crippen LogP contribution in [0.15, 0.2) is 0 Å². The van der Waals surface area contributed by atoms with Gasteiger partial charge in [-0.2, -0.15) is 0 Å². The van der Waals surface area contributed by atoms with E-state index in [2.05, 4.69) is 101 Å². The Morgan fingerprint density at radius 2 is 0.791 bits per heavy atom. The molecule has 4 atom stereocenters. The summed E-state index contributed by atoms with van der Waals surface area (Å²) in [5.74, 6) is -2.16. The Bertz CT molecular complexity index is 1500. The molecule has 392 valence electrons. The molecule has 0 aliphatic carbocycles. The SMILES string of the molecule is COC(=O)C(CCCC(C(=O)OC)C(C)(C)CC(C(=O)OCCBr)C(C)(C)SC(=S)SCC(C)(C)CC(C)(C)C)C(C)(C)CC(C(=O)OCCBr)C(C)(C)SC(=S)SCC(C)(C)CC(C)(C)C. The highest BCUT2D eigenvalue weighted by Gasteiger charge is 2.48. The van der Waals surface area contributed by atoms with Crippen LogP contribution in [0.4, 0.5) is 0 Å². The first-order chi connectivity index (χ1) is 30.2. The molecule has 0 aromatic heterocycles. The van der Waals surface area contributed by atoms with E-state index in [0.717, 1.165) is 31.4 Å². The summed E-state index contributed by atoms with van der Waals surface area (Å²) >= 11 is 25.0. The quantitative estimate of drug-likeness (QED) is 0.0321. The molecule has 0 amide bonds. The third-order valence-corrected chi connectivity index (χ3v) is 19.4. The van der Waals surface area contributed by atoms with Gasteiger partial charge in [0.1, 0.15) is 20.3 Å². The van der Waals surface area contributed by atoms with E-state index in [4.69, 9.17) is 43.4 Å². The van der Waals surface area contributed by atoms with Crippen molar-refractivity contribution in [2.75, 3.05) is 49.6 Å². The number of halogens is 2. The van der Waals surface area contributed by atoms with E-state index in [9.17, 15) is 19.2 Å². The van der Waals surface area contributed by atoms with Gasteiger partial charge in [0.05, 0.1) is 37.9 Å². The van der Waals surface area contributed by atoms with Crippen LogP contribution in [0.5, 0.6) is 0 Å². The largest absolute Gasteiger partial charge is 0.469 e. The Balaban J connectivity index is 6.64. The van der Waals surface area contributed by atoms with E-state index in [0.29, 0.717) is 42.8 Å². The highest BCUT2D eigenvalue weighted by atomic mass is 79.9. The molecule has 0 saturated heterocycles. The number of alkyl halides is 2. The fraction of sp³-hybridized carbons (Fsp3) is 0.882. The number of thiocarbonyl (C=S) groups is 2. The molecule has 4 unspecified atom stereocenters. The molecule has 16 heteroatoms. The van der Waals surface area contributed by atoms with Crippen LogP contribution in [0.1, 0.15) is 170 Å². The van der Waals surface area contributed by atoms with Crippen LogP contribution >= 0.6 is 103 Å². The minimum Gasteiger partial charge on any atom is -0.469 e. The molecule has 0 spiro atoms. The summed E-state index contributed by atoms with van der Waals surface area (Å²) in [6, 6.07) is 0. The zero-order valence-electron chi connectivity index (χ0n) is 45.0. The molecule has 0 radical (unpaired) electrons. The number of carbonyl (C=O) groups is 4. The molecule has 8 nitrogen and oxygen atoms in total. The average molecular weight is 1180 g/mol. The van der Waals surface area contributed by atoms with Crippen LogP contribution in [-0.4, -0.2) is 90.0 Å². The number of ether oxygens (including phenoxy) is 4. The molecular formula is C51H90Br2O8S6. The lowest BCUT2D eigenvalue weighted by molar-refractivity contribution is -0.156. The second-order valence-electron chi connectivity index (χ2n) is 24.6. The van der Waals surface area contributed by atoms with Crippen LogP contribution < -0.4 is 0 Å². The number of rotatable bonds is 28. The second-order valence-corrected chi connectivity index (χ2v) is 33.8. The van der Waals surface area contributed by atoms with Crippen LogP contribution in [0.2, 0.25) is 0 Å². The van der Waals surface area contributed by atoms with Crippen molar-refractivity contribution in [1.29, 1.82) is 0 Å². The van der Waals surface area contributed by atoms with Crippen LogP contribution in [0.25, 0.3) is 0 Å².